The highest BCUT2D eigenvalue weighted by Crippen LogP contribution is 2.37. The van der Waals surface area contributed by atoms with Gasteiger partial charge in [-0.25, -0.2) is 13.8 Å². The number of hydrogen-bond acceptors (Lipinski definition) is 4. The summed E-state index contributed by atoms with van der Waals surface area (Å²) in [6, 6.07) is 10.4. The molecule has 29 heavy (non-hydrogen) atoms. The van der Waals surface area contributed by atoms with Gasteiger partial charge in [0.2, 0.25) is 0 Å². The number of aliphatic hydroxyl groups excluding tert-OH is 1. The molecule has 1 N–H and O–H groups in total. The Morgan fingerprint density at radius 1 is 1.14 bits per heavy atom. The second-order valence-electron chi connectivity index (χ2n) is 7.01. The topological polar surface area (TPSA) is 39.6 Å². The van der Waals surface area contributed by atoms with Crippen LogP contribution < -0.4 is 4.90 Å². The normalized spacial score (nSPS) is 18.4. The molecule has 4 nitrogen and oxygen atoms in total. The molecule has 0 radical (unpaired) electrons. The van der Waals surface area contributed by atoms with Gasteiger partial charge in [-0.15, -0.1) is 0 Å². The molecule has 0 spiro atoms. The minimum absolute atomic E-state index is 0.0751. The standard InChI is InChI=1S/C20H22F5N3O/c21-19(22)16-10-18(26-11-17(16)20(23,24)25)28-8-7-27(13-15(28)6-9-29)12-14-4-2-1-3-5-14/h1-5,10-11,15,19,29H,6-9,12-13H2/t15-/m0/s1. The molecular weight excluding hydrogens is 393 g/mol. The molecule has 1 atom stereocenters. The fraction of sp³-hybridized carbons (Fsp3) is 0.450. The molecule has 1 aromatic heterocycles. The molecule has 9 heteroatoms. The summed E-state index contributed by atoms with van der Waals surface area (Å²) < 4.78 is 65.6. The first kappa shape index (κ1) is 21.4. The van der Waals surface area contributed by atoms with Crippen molar-refractivity contribution in [1.29, 1.82) is 0 Å². The summed E-state index contributed by atoms with van der Waals surface area (Å²) in [5.74, 6) is 0.0751. The van der Waals surface area contributed by atoms with Gasteiger partial charge in [-0.1, -0.05) is 30.3 Å². The van der Waals surface area contributed by atoms with Gasteiger partial charge in [0.05, 0.1) is 5.56 Å². The van der Waals surface area contributed by atoms with Crippen LogP contribution in [-0.4, -0.2) is 47.3 Å². The van der Waals surface area contributed by atoms with Crippen LogP contribution in [0.25, 0.3) is 0 Å². The van der Waals surface area contributed by atoms with Crippen LogP contribution in [0.1, 0.15) is 29.5 Å². The van der Waals surface area contributed by atoms with E-state index in [-0.39, 0.29) is 18.5 Å². The Labute approximate surface area is 165 Å². The zero-order valence-corrected chi connectivity index (χ0v) is 15.6. The molecule has 0 amide bonds. The molecule has 0 bridgehead atoms. The number of benzene rings is 1. The van der Waals surface area contributed by atoms with Crippen LogP contribution in [0.5, 0.6) is 0 Å². The highest BCUT2D eigenvalue weighted by Gasteiger charge is 2.37. The smallest absolute Gasteiger partial charge is 0.396 e. The van der Waals surface area contributed by atoms with Crippen LogP contribution in [0.15, 0.2) is 42.6 Å². The Hall–Kier alpha value is -2.26. The zero-order valence-electron chi connectivity index (χ0n) is 15.6. The molecule has 2 aromatic rings. The van der Waals surface area contributed by atoms with Crippen molar-refractivity contribution < 1.29 is 27.1 Å². The highest BCUT2D eigenvalue weighted by molar-refractivity contribution is 5.46. The SMILES string of the molecule is OCC[C@H]1CN(Cc2ccccc2)CCN1c1cc(C(F)F)c(C(F)(F)F)cn1. The zero-order chi connectivity index (χ0) is 21.0. The van der Waals surface area contributed by atoms with Crippen molar-refractivity contribution in [1.82, 2.24) is 9.88 Å². The third kappa shape index (κ3) is 5.22. The third-order valence-corrected chi connectivity index (χ3v) is 5.03. The second kappa shape index (κ2) is 9.04. The van der Waals surface area contributed by atoms with Crippen LogP contribution >= 0.6 is 0 Å². The van der Waals surface area contributed by atoms with E-state index in [2.05, 4.69) is 9.88 Å². The van der Waals surface area contributed by atoms with Gasteiger partial charge < -0.3 is 10.0 Å². The van der Waals surface area contributed by atoms with Gasteiger partial charge in [0, 0.05) is 50.6 Å². The van der Waals surface area contributed by atoms with Gasteiger partial charge in [-0.3, -0.25) is 4.90 Å². The lowest BCUT2D eigenvalue weighted by Gasteiger charge is -2.42. The molecule has 0 aliphatic carbocycles. The summed E-state index contributed by atoms with van der Waals surface area (Å²) in [7, 11) is 0. The Bertz CT molecular complexity index is 800. The first-order valence-corrected chi connectivity index (χ1v) is 9.28. The predicted octanol–water partition coefficient (Wildman–Crippen LogP) is 4.11. The fourth-order valence-electron chi connectivity index (χ4n) is 3.64. The molecule has 0 saturated carbocycles. The van der Waals surface area contributed by atoms with Gasteiger partial charge in [0.15, 0.2) is 0 Å². The summed E-state index contributed by atoms with van der Waals surface area (Å²) in [6.07, 6.45) is -7.32. The molecule has 1 aliphatic rings. The Morgan fingerprint density at radius 3 is 2.48 bits per heavy atom. The van der Waals surface area contributed by atoms with E-state index in [0.717, 1.165) is 11.6 Å². The maximum atomic E-state index is 13.3. The maximum Gasteiger partial charge on any atom is 0.418 e. The minimum Gasteiger partial charge on any atom is -0.396 e. The van der Waals surface area contributed by atoms with Crippen molar-refractivity contribution >= 4 is 5.82 Å². The van der Waals surface area contributed by atoms with E-state index in [1.807, 2.05) is 30.3 Å². The van der Waals surface area contributed by atoms with Crippen molar-refractivity contribution in [3.05, 3.63) is 59.3 Å². The number of pyridine rings is 1. The lowest BCUT2D eigenvalue weighted by Crippen LogP contribution is -2.53. The molecule has 158 valence electrons. The Morgan fingerprint density at radius 2 is 1.86 bits per heavy atom. The number of hydrogen-bond donors (Lipinski definition) is 1. The van der Waals surface area contributed by atoms with E-state index in [4.69, 9.17) is 0 Å². The summed E-state index contributed by atoms with van der Waals surface area (Å²) in [4.78, 5) is 7.71. The van der Waals surface area contributed by atoms with Crippen molar-refractivity contribution in [3.63, 3.8) is 0 Å². The molecule has 1 aromatic carbocycles. The highest BCUT2D eigenvalue weighted by atomic mass is 19.4. The summed E-state index contributed by atoms with van der Waals surface area (Å²) in [5, 5.41) is 9.42. The molecule has 0 unspecified atom stereocenters. The van der Waals surface area contributed by atoms with Gasteiger partial charge in [-0.2, -0.15) is 13.2 Å². The van der Waals surface area contributed by atoms with Crippen LogP contribution in [0, 0.1) is 0 Å². The quantitative estimate of drug-likeness (QED) is 0.721. The molecule has 3 rings (SSSR count). The molecule has 1 saturated heterocycles. The summed E-state index contributed by atoms with van der Waals surface area (Å²) in [6.45, 7) is 2.13. The monoisotopic (exact) mass is 415 g/mol. The van der Waals surface area contributed by atoms with Crippen molar-refractivity contribution in [3.8, 4) is 0 Å². The van der Waals surface area contributed by atoms with Crippen LogP contribution in [0.2, 0.25) is 0 Å². The van der Waals surface area contributed by atoms with Crippen LogP contribution in [0.3, 0.4) is 0 Å². The number of piperazine rings is 1. The lowest BCUT2D eigenvalue weighted by atomic mass is 10.1. The number of nitrogens with zero attached hydrogens (tertiary/aromatic N) is 3. The van der Waals surface area contributed by atoms with Gasteiger partial charge >= 0.3 is 6.18 Å². The minimum atomic E-state index is -4.89. The summed E-state index contributed by atoms with van der Waals surface area (Å²) in [5.41, 5.74) is -1.37. The second-order valence-corrected chi connectivity index (χ2v) is 7.01. The van der Waals surface area contributed by atoms with Gasteiger partial charge in [-0.05, 0) is 18.1 Å². The Kier molecular flexibility index (Phi) is 6.69. The predicted molar refractivity (Wildman–Crippen MR) is 98.8 cm³/mol. The van der Waals surface area contributed by atoms with Gasteiger partial charge in [0.25, 0.3) is 6.43 Å². The van der Waals surface area contributed by atoms with E-state index in [9.17, 15) is 27.1 Å². The van der Waals surface area contributed by atoms with Crippen molar-refractivity contribution in [2.45, 2.75) is 31.6 Å². The van der Waals surface area contributed by atoms with E-state index < -0.39 is 23.7 Å². The van der Waals surface area contributed by atoms with E-state index in [0.29, 0.717) is 38.8 Å². The number of aromatic nitrogens is 1. The molecule has 2 heterocycles. The Balaban J connectivity index is 1.81. The molecular formula is C20H22F5N3O. The average molecular weight is 415 g/mol. The number of halogens is 5. The first-order chi connectivity index (χ1) is 13.8. The first-order valence-electron chi connectivity index (χ1n) is 9.28. The maximum absolute atomic E-state index is 13.3. The van der Waals surface area contributed by atoms with E-state index in [1.165, 1.54) is 0 Å². The molecule has 1 aliphatic heterocycles. The fourth-order valence-corrected chi connectivity index (χ4v) is 3.64. The summed E-state index contributed by atoms with van der Waals surface area (Å²) >= 11 is 0. The van der Waals surface area contributed by atoms with Crippen LogP contribution in [-0.2, 0) is 12.7 Å². The number of anilines is 1. The number of rotatable bonds is 6. The van der Waals surface area contributed by atoms with Crippen molar-refractivity contribution in [2.75, 3.05) is 31.1 Å². The lowest BCUT2D eigenvalue weighted by molar-refractivity contribution is -0.139. The van der Waals surface area contributed by atoms with Crippen molar-refractivity contribution in [2.24, 2.45) is 0 Å². The van der Waals surface area contributed by atoms with Gasteiger partial charge in [0.1, 0.15) is 5.82 Å². The van der Waals surface area contributed by atoms with E-state index in [1.54, 1.807) is 4.90 Å². The molecule has 1 fully saturated rings. The average Bonchev–Trinajstić information content (AvgIpc) is 2.68. The number of alkyl halides is 5. The number of aliphatic hydroxyl groups is 1. The third-order valence-electron chi connectivity index (χ3n) is 5.03. The van der Waals surface area contributed by atoms with E-state index >= 15 is 0 Å². The van der Waals surface area contributed by atoms with Crippen LogP contribution in [0.4, 0.5) is 27.8 Å². The largest absolute Gasteiger partial charge is 0.418 e.